The number of nitrogens with zero attached hydrogens (tertiary/aromatic N) is 1. The Morgan fingerprint density at radius 2 is 1.69 bits per heavy atom. The first-order chi connectivity index (χ1) is 17.4. The van der Waals surface area contributed by atoms with E-state index in [1.165, 1.54) is 0 Å². The van der Waals surface area contributed by atoms with Gasteiger partial charge in [-0.3, -0.25) is 9.59 Å². The number of rotatable bonds is 12. The Hall–Kier alpha value is -3.31. The molecule has 1 N–H and O–H groups in total. The third-order valence-corrected chi connectivity index (χ3v) is 6.42. The van der Waals surface area contributed by atoms with Crippen molar-refractivity contribution in [3.8, 4) is 5.75 Å². The number of ether oxygens (including phenoxy) is 1. The molecule has 0 saturated heterocycles. The van der Waals surface area contributed by atoms with Crippen LogP contribution >= 0.6 is 11.6 Å². The lowest BCUT2D eigenvalue weighted by molar-refractivity contribution is -0.142. The summed E-state index contributed by atoms with van der Waals surface area (Å²) >= 11 is 6.23. The van der Waals surface area contributed by atoms with Crippen molar-refractivity contribution in [2.75, 3.05) is 13.2 Å². The van der Waals surface area contributed by atoms with Gasteiger partial charge in [0.1, 0.15) is 11.8 Å². The van der Waals surface area contributed by atoms with Gasteiger partial charge in [0.05, 0.1) is 0 Å². The molecule has 3 aromatic rings. The molecule has 0 bridgehead atoms. The molecule has 190 valence electrons. The zero-order valence-electron chi connectivity index (χ0n) is 21.3. The number of amides is 2. The molecule has 0 radical (unpaired) electrons. The molecule has 36 heavy (non-hydrogen) atoms. The van der Waals surface area contributed by atoms with Gasteiger partial charge in [0.2, 0.25) is 5.91 Å². The Morgan fingerprint density at radius 1 is 0.944 bits per heavy atom. The van der Waals surface area contributed by atoms with Crippen LogP contribution in [0, 0.1) is 13.8 Å². The van der Waals surface area contributed by atoms with Crippen LogP contribution in [0.5, 0.6) is 5.75 Å². The second kappa shape index (κ2) is 13.7. The molecule has 0 fully saturated rings. The quantitative estimate of drug-likeness (QED) is 0.311. The Balaban J connectivity index is 1.89. The minimum absolute atomic E-state index is 0.170. The van der Waals surface area contributed by atoms with Gasteiger partial charge in [0.25, 0.3) is 5.91 Å². The second-order valence-electron chi connectivity index (χ2n) is 9.04. The minimum Gasteiger partial charge on any atom is -0.484 e. The standard InChI is InChI=1S/C30H35ClN2O3/c1-4-5-16-32-30(35)28(19-24-10-7-6-8-11-24)33(20-25-12-9-13-26(31)18-25)29(34)21-36-27-15-14-22(2)23(3)17-27/h6-15,17-18,28H,4-5,16,19-21H2,1-3H3,(H,32,35)/t28-/m1/s1. The fraction of sp³-hybridized carbons (Fsp3) is 0.333. The van der Waals surface area contributed by atoms with Crippen LogP contribution in [0.2, 0.25) is 5.02 Å². The molecule has 3 rings (SSSR count). The fourth-order valence-corrected chi connectivity index (χ4v) is 4.14. The normalized spacial score (nSPS) is 11.6. The first-order valence-corrected chi connectivity index (χ1v) is 12.8. The van der Waals surface area contributed by atoms with E-state index in [9.17, 15) is 9.59 Å². The van der Waals surface area contributed by atoms with E-state index in [4.69, 9.17) is 16.3 Å². The maximum atomic E-state index is 13.6. The average Bonchev–Trinajstić information content (AvgIpc) is 2.87. The van der Waals surface area contributed by atoms with E-state index in [0.29, 0.717) is 23.7 Å². The van der Waals surface area contributed by atoms with Crippen molar-refractivity contribution in [3.63, 3.8) is 0 Å². The molecule has 6 heteroatoms. The molecule has 2 amide bonds. The first kappa shape index (κ1) is 27.3. The highest BCUT2D eigenvalue weighted by Gasteiger charge is 2.30. The van der Waals surface area contributed by atoms with Crippen LogP contribution in [0.4, 0.5) is 0 Å². The van der Waals surface area contributed by atoms with Gasteiger partial charge >= 0.3 is 0 Å². The van der Waals surface area contributed by atoms with Crippen LogP contribution in [0.1, 0.15) is 42.0 Å². The summed E-state index contributed by atoms with van der Waals surface area (Å²) in [5.41, 5.74) is 4.07. The molecule has 0 spiro atoms. The largest absolute Gasteiger partial charge is 0.484 e. The van der Waals surface area contributed by atoms with Crippen LogP contribution in [-0.2, 0) is 22.6 Å². The van der Waals surface area contributed by atoms with Crippen molar-refractivity contribution in [2.24, 2.45) is 0 Å². The maximum absolute atomic E-state index is 13.6. The van der Waals surface area contributed by atoms with Crippen LogP contribution in [0.15, 0.2) is 72.8 Å². The molecule has 0 saturated carbocycles. The minimum atomic E-state index is -0.695. The molecule has 3 aromatic carbocycles. The number of hydrogen-bond acceptors (Lipinski definition) is 3. The summed E-state index contributed by atoms with van der Waals surface area (Å²) in [6.45, 7) is 6.75. The Labute approximate surface area is 219 Å². The second-order valence-corrected chi connectivity index (χ2v) is 9.47. The van der Waals surface area contributed by atoms with Gasteiger partial charge in [-0.2, -0.15) is 0 Å². The third kappa shape index (κ3) is 8.13. The summed E-state index contributed by atoms with van der Waals surface area (Å²) in [5, 5.41) is 3.61. The number of aryl methyl sites for hydroxylation is 2. The van der Waals surface area contributed by atoms with Gasteiger partial charge in [-0.05, 0) is 66.8 Å². The molecule has 0 aliphatic rings. The summed E-state index contributed by atoms with van der Waals surface area (Å²) in [5.74, 6) is 0.190. The number of carbonyl (C=O) groups excluding carboxylic acids is 2. The molecule has 0 heterocycles. The van der Waals surface area contributed by atoms with Gasteiger partial charge < -0.3 is 15.0 Å². The van der Waals surface area contributed by atoms with Crippen LogP contribution in [0.3, 0.4) is 0 Å². The summed E-state index contributed by atoms with van der Waals surface area (Å²) < 4.78 is 5.88. The lowest BCUT2D eigenvalue weighted by atomic mass is 10.0. The highest BCUT2D eigenvalue weighted by atomic mass is 35.5. The number of carbonyl (C=O) groups is 2. The highest BCUT2D eigenvalue weighted by molar-refractivity contribution is 6.30. The van der Waals surface area contributed by atoms with Crippen molar-refractivity contribution >= 4 is 23.4 Å². The van der Waals surface area contributed by atoms with Gasteiger partial charge in [-0.25, -0.2) is 0 Å². The number of hydrogen-bond donors (Lipinski definition) is 1. The van der Waals surface area contributed by atoms with Crippen LogP contribution in [0.25, 0.3) is 0 Å². The third-order valence-electron chi connectivity index (χ3n) is 6.18. The van der Waals surface area contributed by atoms with Crippen molar-refractivity contribution in [3.05, 3.63) is 100 Å². The lowest BCUT2D eigenvalue weighted by Crippen LogP contribution is -2.51. The molecular formula is C30H35ClN2O3. The molecule has 5 nitrogen and oxygen atoms in total. The van der Waals surface area contributed by atoms with Crippen molar-refractivity contribution in [1.29, 1.82) is 0 Å². The predicted octanol–water partition coefficient (Wildman–Crippen LogP) is 5.89. The molecule has 0 aliphatic heterocycles. The van der Waals surface area contributed by atoms with Crippen molar-refractivity contribution in [2.45, 2.75) is 52.6 Å². The Kier molecular flexibility index (Phi) is 10.4. The zero-order valence-corrected chi connectivity index (χ0v) is 22.1. The van der Waals surface area contributed by atoms with E-state index in [0.717, 1.165) is 35.1 Å². The smallest absolute Gasteiger partial charge is 0.261 e. The van der Waals surface area contributed by atoms with Gasteiger partial charge in [-0.1, -0.05) is 73.5 Å². The van der Waals surface area contributed by atoms with E-state index < -0.39 is 6.04 Å². The summed E-state index contributed by atoms with van der Waals surface area (Å²) in [4.78, 5) is 28.6. The summed E-state index contributed by atoms with van der Waals surface area (Å²) in [7, 11) is 0. The molecule has 0 unspecified atom stereocenters. The van der Waals surface area contributed by atoms with E-state index in [1.54, 1.807) is 11.0 Å². The SMILES string of the molecule is CCCCNC(=O)[C@@H](Cc1ccccc1)N(Cc1cccc(Cl)c1)C(=O)COc1ccc(C)c(C)c1. The predicted molar refractivity (Wildman–Crippen MR) is 145 cm³/mol. The average molecular weight is 507 g/mol. The lowest BCUT2D eigenvalue weighted by Gasteiger charge is -2.31. The maximum Gasteiger partial charge on any atom is 0.261 e. The van der Waals surface area contributed by atoms with E-state index in [-0.39, 0.29) is 25.0 Å². The molecule has 1 atom stereocenters. The Morgan fingerprint density at radius 3 is 2.39 bits per heavy atom. The van der Waals surface area contributed by atoms with Gasteiger partial charge in [0.15, 0.2) is 6.61 Å². The summed E-state index contributed by atoms with van der Waals surface area (Å²) in [6, 6.07) is 22.2. The van der Waals surface area contributed by atoms with Crippen molar-refractivity contribution in [1.82, 2.24) is 10.2 Å². The molecular weight excluding hydrogens is 472 g/mol. The van der Waals surface area contributed by atoms with E-state index in [2.05, 4.69) is 12.2 Å². The van der Waals surface area contributed by atoms with Crippen LogP contribution in [-0.4, -0.2) is 35.9 Å². The molecule has 0 aliphatic carbocycles. The van der Waals surface area contributed by atoms with E-state index in [1.807, 2.05) is 80.6 Å². The van der Waals surface area contributed by atoms with E-state index >= 15 is 0 Å². The number of halogens is 1. The number of benzene rings is 3. The zero-order chi connectivity index (χ0) is 25.9. The fourth-order valence-electron chi connectivity index (χ4n) is 3.92. The molecule has 0 aromatic heterocycles. The Bertz CT molecular complexity index is 1150. The topological polar surface area (TPSA) is 58.6 Å². The number of unbranched alkanes of at least 4 members (excludes halogenated alkanes) is 1. The number of nitrogens with one attached hydrogen (secondary N) is 1. The summed E-state index contributed by atoms with van der Waals surface area (Å²) in [6.07, 6.45) is 2.25. The highest BCUT2D eigenvalue weighted by Crippen LogP contribution is 2.20. The van der Waals surface area contributed by atoms with Gasteiger partial charge in [-0.15, -0.1) is 0 Å². The van der Waals surface area contributed by atoms with Crippen molar-refractivity contribution < 1.29 is 14.3 Å². The van der Waals surface area contributed by atoms with Gasteiger partial charge in [0, 0.05) is 24.5 Å². The van der Waals surface area contributed by atoms with Crippen LogP contribution < -0.4 is 10.1 Å². The first-order valence-electron chi connectivity index (χ1n) is 12.4. The monoisotopic (exact) mass is 506 g/mol.